The van der Waals surface area contributed by atoms with Crippen molar-refractivity contribution in [1.29, 1.82) is 0 Å². The lowest BCUT2D eigenvalue weighted by atomic mass is 9.99. The molecule has 12 heteroatoms. The molecule has 0 spiro atoms. The maximum atomic E-state index is 13.2. The highest BCUT2D eigenvalue weighted by atomic mass is 35.5. The van der Waals surface area contributed by atoms with Gasteiger partial charge >= 0.3 is 0 Å². The first kappa shape index (κ1) is 26.7. The van der Waals surface area contributed by atoms with Crippen LogP contribution in [0.3, 0.4) is 0 Å². The first-order valence-corrected chi connectivity index (χ1v) is 14.4. The van der Waals surface area contributed by atoms with Gasteiger partial charge in [0.1, 0.15) is 0 Å². The topological polar surface area (TPSA) is 133 Å². The van der Waals surface area contributed by atoms with E-state index in [0.717, 1.165) is 11.6 Å². The minimum absolute atomic E-state index is 0.0158. The summed E-state index contributed by atoms with van der Waals surface area (Å²) in [6, 6.07) is 15.3. The summed E-state index contributed by atoms with van der Waals surface area (Å²) in [7, 11) is -3.50. The van der Waals surface area contributed by atoms with E-state index in [4.69, 9.17) is 11.6 Å². The lowest BCUT2D eigenvalue weighted by molar-refractivity contribution is 0.0849. The highest BCUT2D eigenvalue weighted by molar-refractivity contribution is 7.88. The molecule has 2 amide bonds. The number of carbonyl (C=O) groups excluding carboxylic acids is 2. The largest absolute Gasteiger partial charge is 0.360 e. The standard InChI is InChI=1S/C27H26ClN5O5S/c1-39(37,38)32-13-11-22(24(16-32)31-27(36)18-7-10-20-21(28)15-29-23(20)14-18)30-26(35)17-5-8-19(9-6-17)33-12-3-2-4-25(33)34/h2-10,12,14-15,22,24,29H,11,13,16H2,1H3,(H,30,35)(H,31,36)/t22?,24-/m0/s1. The first-order chi connectivity index (χ1) is 18.6. The molecular formula is C27H26ClN5O5S. The molecule has 1 aliphatic rings. The highest BCUT2D eigenvalue weighted by Crippen LogP contribution is 2.24. The molecule has 3 heterocycles. The summed E-state index contributed by atoms with van der Waals surface area (Å²) in [5.74, 6) is -0.777. The number of benzene rings is 2. The maximum Gasteiger partial charge on any atom is 0.255 e. The summed E-state index contributed by atoms with van der Waals surface area (Å²) in [5.41, 5.74) is 1.86. The van der Waals surface area contributed by atoms with Gasteiger partial charge in [0, 0.05) is 59.3 Å². The molecule has 1 saturated heterocycles. The molecule has 0 aliphatic carbocycles. The summed E-state index contributed by atoms with van der Waals surface area (Å²) >= 11 is 6.13. The number of halogens is 1. The fraction of sp³-hybridized carbons (Fsp3) is 0.222. The number of nitrogens with zero attached hydrogens (tertiary/aromatic N) is 2. The van der Waals surface area contributed by atoms with Gasteiger partial charge in [-0.05, 0) is 48.9 Å². The van der Waals surface area contributed by atoms with Crippen molar-refractivity contribution in [3.8, 4) is 5.69 Å². The van der Waals surface area contributed by atoms with Crippen LogP contribution in [0.15, 0.2) is 77.9 Å². The van der Waals surface area contributed by atoms with Gasteiger partial charge < -0.3 is 15.6 Å². The van der Waals surface area contributed by atoms with Crippen molar-refractivity contribution in [3.63, 3.8) is 0 Å². The molecule has 1 aliphatic heterocycles. The second kappa shape index (κ2) is 10.7. The third-order valence-corrected chi connectivity index (χ3v) is 8.38. The van der Waals surface area contributed by atoms with E-state index >= 15 is 0 Å². The predicted molar refractivity (Wildman–Crippen MR) is 149 cm³/mol. The molecule has 4 aromatic rings. The number of aromatic amines is 1. The number of aromatic nitrogens is 2. The van der Waals surface area contributed by atoms with Crippen molar-refractivity contribution in [2.45, 2.75) is 18.5 Å². The Balaban J connectivity index is 1.34. The molecule has 10 nitrogen and oxygen atoms in total. The summed E-state index contributed by atoms with van der Waals surface area (Å²) in [6.45, 7) is 0.223. The Bertz CT molecular complexity index is 1710. The number of fused-ring (bicyclic) bond motifs is 1. The highest BCUT2D eigenvalue weighted by Gasteiger charge is 2.35. The van der Waals surface area contributed by atoms with E-state index in [9.17, 15) is 22.8 Å². The Morgan fingerprint density at radius 3 is 2.38 bits per heavy atom. The molecule has 0 bridgehead atoms. The normalized spacial score (nSPS) is 18.1. The Morgan fingerprint density at radius 1 is 0.974 bits per heavy atom. The lowest BCUT2D eigenvalue weighted by Gasteiger charge is -2.38. The maximum absolute atomic E-state index is 13.2. The van der Waals surface area contributed by atoms with E-state index in [1.807, 2.05) is 0 Å². The van der Waals surface area contributed by atoms with Crippen LogP contribution in [0.25, 0.3) is 16.6 Å². The molecule has 0 radical (unpaired) electrons. The Labute approximate surface area is 229 Å². The summed E-state index contributed by atoms with van der Waals surface area (Å²) in [5, 5.41) is 7.18. The predicted octanol–water partition coefficient (Wildman–Crippen LogP) is 2.53. The van der Waals surface area contributed by atoms with Crippen LogP contribution in [-0.2, 0) is 10.0 Å². The number of H-pyrrole nitrogens is 1. The van der Waals surface area contributed by atoms with E-state index in [1.165, 1.54) is 14.9 Å². The quantitative estimate of drug-likeness (QED) is 0.329. The van der Waals surface area contributed by atoms with Gasteiger partial charge in [-0.15, -0.1) is 0 Å². The number of amides is 2. The van der Waals surface area contributed by atoms with Crippen molar-refractivity contribution in [2.24, 2.45) is 0 Å². The van der Waals surface area contributed by atoms with Crippen molar-refractivity contribution in [2.75, 3.05) is 19.3 Å². The minimum Gasteiger partial charge on any atom is -0.360 e. The van der Waals surface area contributed by atoms with Crippen LogP contribution in [0, 0.1) is 0 Å². The summed E-state index contributed by atoms with van der Waals surface area (Å²) < 4.78 is 27.2. The zero-order valence-corrected chi connectivity index (χ0v) is 22.5. The van der Waals surface area contributed by atoms with Crippen LogP contribution in [0.1, 0.15) is 27.1 Å². The van der Waals surface area contributed by atoms with Crippen LogP contribution < -0.4 is 16.2 Å². The monoisotopic (exact) mass is 567 g/mol. The zero-order chi connectivity index (χ0) is 27.7. The molecule has 3 N–H and O–H groups in total. The number of hydrogen-bond acceptors (Lipinski definition) is 5. The molecule has 5 rings (SSSR count). The van der Waals surface area contributed by atoms with Gasteiger partial charge in [-0.25, -0.2) is 8.42 Å². The van der Waals surface area contributed by atoms with Crippen molar-refractivity contribution in [3.05, 3.63) is 99.6 Å². The van der Waals surface area contributed by atoms with Gasteiger partial charge in [0.25, 0.3) is 17.4 Å². The number of sulfonamides is 1. The minimum atomic E-state index is -3.50. The Kier molecular flexibility index (Phi) is 7.30. The average Bonchev–Trinajstić information content (AvgIpc) is 3.29. The lowest BCUT2D eigenvalue weighted by Crippen LogP contribution is -2.61. The average molecular weight is 568 g/mol. The summed E-state index contributed by atoms with van der Waals surface area (Å²) in [6.07, 6.45) is 4.71. The van der Waals surface area contributed by atoms with Crippen molar-refractivity contribution >= 4 is 44.3 Å². The van der Waals surface area contributed by atoms with Crippen molar-refractivity contribution < 1.29 is 18.0 Å². The molecule has 2 aromatic carbocycles. The number of piperidine rings is 1. The Morgan fingerprint density at radius 2 is 1.67 bits per heavy atom. The van der Waals surface area contributed by atoms with Gasteiger partial charge in [-0.1, -0.05) is 23.7 Å². The number of hydrogen-bond donors (Lipinski definition) is 3. The fourth-order valence-corrected chi connectivity index (χ4v) is 5.78. The molecular weight excluding hydrogens is 542 g/mol. The molecule has 1 fully saturated rings. The van der Waals surface area contributed by atoms with E-state index in [1.54, 1.807) is 67.0 Å². The SMILES string of the molecule is CS(=O)(=O)N1CCC(NC(=O)c2ccc(-n3ccccc3=O)cc2)[C@@H](NC(=O)c2ccc3c(Cl)c[nH]c3c2)C1. The third-order valence-electron chi connectivity index (χ3n) is 6.80. The van der Waals surface area contributed by atoms with Gasteiger partial charge in [-0.2, -0.15) is 4.31 Å². The number of nitrogens with one attached hydrogen (secondary N) is 3. The van der Waals surface area contributed by atoms with Gasteiger partial charge in [0.15, 0.2) is 0 Å². The number of pyridine rings is 1. The first-order valence-electron chi connectivity index (χ1n) is 12.2. The van der Waals surface area contributed by atoms with Gasteiger partial charge in [0.2, 0.25) is 10.0 Å². The molecule has 2 aromatic heterocycles. The smallest absolute Gasteiger partial charge is 0.255 e. The van der Waals surface area contributed by atoms with Crippen LogP contribution in [-0.4, -0.2) is 65.5 Å². The number of carbonyl (C=O) groups is 2. The van der Waals surface area contributed by atoms with E-state index in [-0.39, 0.29) is 24.6 Å². The van der Waals surface area contributed by atoms with Crippen molar-refractivity contribution in [1.82, 2.24) is 24.5 Å². The molecule has 202 valence electrons. The summed E-state index contributed by atoms with van der Waals surface area (Å²) in [4.78, 5) is 41.4. The van der Waals surface area contributed by atoms with E-state index < -0.39 is 28.0 Å². The molecule has 39 heavy (non-hydrogen) atoms. The van der Waals surface area contributed by atoms with Crippen LogP contribution >= 0.6 is 11.6 Å². The second-order valence-corrected chi connectivity index (χ2v) is 11.8. The third kappa shape index (κ3) is 5.75. The second-order valence-electron chi connectivity index (χ2n) is 9.42. The van der Waals surface area contributed by atoms with Crippen LogP contribution in [0.4, 0.5) is 0 Å². The molecule has 2 atom stereocenters. The van der Waals surface area contributed by atoms with E-state index in [0.29, 0.717) is 33.8 Å². The Hall–Kier alpha value is -3.93. The molecule has 0 saturated carbocycles. The van der Waals surface area contributed by atoms with Crippen LogP contribution in [0.5, 0.6) is 0 Å². The van der Waals surface area contributed by atoms with Crippen LogP contribution in [0.2, 0.25) is 5.02 Å². The zero-order valence-electron chi connectivity index (χ0n) is 20.9. The number of rotatable bonds is 6. The fourth-order valence-electron chi connectivity index (χ4n) is 4.69. The van der Waals surface area contributed by atoms with E-state index in [2.05, 4.69) is 15.6 Å². The van der Waals surface area contributed by atoms with Gasteiger partial charge in [-0.3, -0.25) is 19.0 Å². The van der Waals surface area contributed by atoms with Gasteiger partial charge in [0.05, 0.1) is 23.4 Å². The molecule has 1 unspecified atom stereocenters.